The van der Waals surface area contributed by atoms with Gasteiger partial charge >= 0.3 is 0 Å². The molecule has 1 atom stereocenters. The molecule has 0 radical (unpaired) electrons. The lowest BCUT2D eigenvalue weighted by Gasteiger charge is -2.17. The van der Waals surface area contributed by atoms with Gasteiger partial charge in [-0.2, -0.15) is 4.98 Å². The fourth-order valence-corrected chi connectivity index (χ4v) is 2.71. The molecule has 1 aromatic heterocycles. The van der Waals surface area contributed by atoms with Gasteiger partial charge in [-0.05, 0) is 24.3 Å². The first-order valence-electron chi connectivity index (χ1n) is 7.23. The third-order valence-electron chi connectivity index (χ3n) is 3.61. The van der Waals surface area contributed by atoms with Gasteiger partial charge in [-0.15, -0.1) is 0 Å². The molecule has 1 amide bonds. The molecule has 1 aliphatic rings. The summed E-state index contributed by atoms with van der Waals surface area (Å²) in [7, 11) is 1.53. The molecular formula is C16H16BrN3O3. The maximum Gasteiger partial charge on any atom is 0.253 e. The molecule has 0 spiro atoms. The van der Waals surface area contributed by atoms with Crippen LogP contribution in [0.1, 0.15) is 16.8 Å². The summed E-state index contributed by atoms with van der Waals surface area (Å²) in [6, 6.07) is 7.36. The molecular weight excluding hydrogens is 362 g/mol. The van der Waals surface area contributed by atoms with Crippen molar-refractivity contribution in [2.75, 3.05) is 20.2 Å². The Hall–Kier alpha value is -2.15. The van der Waals surface area contributed by atoms with E-state index in [4.69, 9.17) is 9.47 Å². The van der Waals surface area contributed by atoms with Gasteiger partial charge in [-0.3, -0.25) is 9.78 Å². The highest BCUT2D eigenvalue weighted by atomic mass is 79.9. The molecule has 23 heavy (non-hydrogen) atoms. The molecule has 1 saturated heterocycles. The monoisotopic (exact) mass is 377 g/mol. The zero-order valence-electron chi connectivity index (χ0n) is 12.6. The van der Waals surface area contributed by atoms with Crippen molar-refractivity contribution in [1.29, 1.82) is 0 Å². The third-order valence-corrected chi connectivity index (χ3v) is 4.14. The number of aromatic nitrogens is 2. The van der Waals surface area contributed by atoms with E-state index >= 15 is 0 Å². The number of nitrogens with zero attached hydrogens (tertiary/aromatic N) is 3. The lowest BCUT2D eigenvalue weighted by atomic mass is 10.2. The number of amides is 1. The van der Waals surface area contributed by atoms with Gasteiger partial charge < -0.3 is 14.4 Å². The smallest absolute Gasteiger partial charge is 0.253 e. The molecule has 7 heteroatoms. The van der Waals surface area contributed by atoms with E-state index in [1.165, 1.54) is 13.3 Å². The molecule has 6 nitrogen and oxygen atoms in total. The first kappa shape index (κ1) is 15.7. The van der Waals surface area contributed by atoms with Crippen molar-refractivity contribution >= 4 is 21.8 Å². The number of rotatable bonds is 4. The summed E-state index contributed by atoms with van der Waals surface area (Å²) in [5, 5.41) is 0. The summed E-state index contributed by atoms with van der Waals surface area (Å²) >= 11 is 3.37. The maximum atomic E-state index is 12.5. The minimum absolute atomic E-state index is 0.0142. The predicted molar refractivity (Wildman–Crippen MR) is 87.7 cm³/mol. The summed E-state index contributed by atoms with van der Waals surface area (Å²) in [6.45, 7) is 1.20. The Kier molecular flexibility index (Phi) is 4.76. The lowest BCUT2D eigenvalue weighted by Crippen LogP contribution is -2.31. The van der Waals surface area contributed by atoms with Gasteiger partial charge in [0.05, 0.1) is 26.0 Å². The SMILES string of the molecule is COc1cncc(OC2CCN(C(=O)c3ccc(Br)cc3)C2)n1. The molecule has 120 valence electrons. The summed E-state index contributed by atoms with van der Waals surface area (Å²) < 4.78 is 11.8. The van der Waals surface area contributed by atoms with Gasteiger partial charge in [-0.25, -0.2) is 0 Å². The maximum absolute atomic E-state index is 12.5. The number of carbonyl (C=O) groups is 1. The molecule has 1 unspecified atom stereocenters. The highest BCUT2D eigenvalue weighted by molar-refractivity contribution is 9.10. The number of methoxy groups -OCH3 is 1. The Bertz CT molecular complexity index is 693. The molecule has 0 aliphatic carbocycles. The standard InChI is InChI=1S/C16H16BrN3O3/c1-22-14-8-18-9-15(19-14)23-13-6-7-20(10-13)16(21)11-2-4-12(17)5-3-11/h2-5,8-9,13H,6-7,10H2,1H3. The number of carbonyl (C=O) groups excluding carboxylic acids is 1. The highest BCUT2D eigenvalue weighted by Crippen LogP contribution is 2.20. The quantitative estimate of drug-likeness (QED) is 0.818. The van der Waals surface area contributed by atoms with E-state index < -0.39 is 0 Å². The average Bonchev–Trinajstić information content (AvgIpc) is 3.03. The number of ether oxygens (including phenoxy) is 2. The second kappa shape index (κ2) is 6.95. The van der Waals surface area contributed by atoms with Crippen LogP contribution in [-0.2, 0) is 0 Å². The zero-order valence-corrected chi connectivity index (χ0v) is 14.2. The fraction of sp³-hybridized carbons (Fsp3) is 0.312. The van der Waals surface area contributed by atoms with Crippen LogP contribution in [-0.4, -0.2) is 47.1 Å². The van der Waals surface area contributed by atoms with Gasteiger partial charge in [0.1, 0.15) is 6.10 Å². The number of hydrogen-bond donors (Lipinski definition) is 0. The van der Waals surface area contributed by atoms with Gasteiger partial charge in [0.25, 0.3) is 5.91 Å². The first-order chi connectivity index (χ1) is 11.2. The van der Waals surface area contributed by atoms with Crippen molar-refractivity contribution in [1.82, 2.24) is 14.9 Å². The van der Waals surface area contributed by atoms with E-state index in [0.717, 1.165) is 10.9 Å². The molecule has 0 N–H and O–H groups in total. The molecule has 2 heterocycles. The van der Waals surface area contributed by atoms with E-state index in [1.54, 1.807) is 11.1 Å². The van der Waals surface area contributed by atoms with E-state index in [1.807, 2.05) is 24.3 Å². The molecule has 3 rings (SSSR count). The zero-order chi connectivity index (χ0) is 16.2. The molecule has 0 saturated carbocycles. The number of hydrogen-bond acceptors (Lipinski definition) is 5. The van der Waals surface area contributed by atoms with Crippen LogP contribution in [0.5, 0.6) is 11.8 Å². The summed E-state index contributed by atoms with van der Waals surface area (Å²) in [5.41, 5.74) is 0.676. The number of benzene rings is 1. The summed E-state index contributed by atoms with van der Waals surface area (Å²) in [5.74, 6) is 0.830. The van der Waals surface area contributed by atoms with Crippen molar-refractivity contribution in [2.45, 2.75) is 12.5 Å². The Labute approximate surface area is 142 Å². The van der Waals surface area contributed by atoms with Crippen LogP contribution in [0.3, 0.4) is 0 Å². The van der Waals surface area contributed by atoms with Crippen LogP contribution >= 0.6 is 15.9 Å². The number of halogens is 1. The summed E-state index contributed by atoms with van der Waals surface area (Å²) in [6.07, 6.45) is 3.74. The second-order valence-electron chi connectivity index (χ2n) is 5.19. The highest BCUT2D eigenvalue weighted by Gasteiger charge is 2.28. The summed E-state index contributed by atoms with van der Waals surface area (Å²) in [4.78, 5) is 22.4. The average molecular weight is 378 g/mol. The van der Waals surface area contributed by atoms with Crippen LogP contribution in [0.25, 0.3) is 0 Å². The minimum Gasteiger partial charge on any atom is -0.480 e. The van der Waals surface area contributed by atoms with Crippen molar-refractivity contribution in [3.8, 4) is 11.8 Å². The molecule has 1 aromatic carbocycles. The van der Waals surface area contributed by atoms with E-state index in [2.05, 4.69) is 25.9 Å². The van der Waals surface area contributed by atoms with Crippen LogP contribution in [0.2, 0.25) is 0 Å². The van der Waals surface area contributed by atoms with Gasteiger partial charge in [0.15, 0.2) is 0 Å². The van der Waals surface area contributed by atoms with Crippen LogP contribution < -0.4 is 9.47 Å². The first-order valence-corrected chi connectivity index (χ1v) is 8.02. The third kappa shape index (κ3) is 3.79. The molecule has 2 aromatic rings. The Morgan fingerprint density at radius 2 is 2.00 bits per heavy atom. The topological polar surface area (TPSA) is 64.6 Å². The fourth-order valence-electron chi connectivity index (χ4n) is 2.44. The normalized spacial score (nSPS) is 17.1. The van der Waals surface area contributed by atoms with Crippen molar-refractivity contribution in [2.24, 2.45) is 0 Å². The van der Waals surface area contributed by atoms with Crippen LogP contribution in [0.4, 0.5) is 0 Å². The van der Waals surface area contributed by atoms with E-state index in [0.29, 0.717) is 30.4 Å². The van der Waals surface area contributed by atoms with E-state index in [-0.39, 0.29) is 12.0 Å². The van der Waals surface area contributed by atoms with Gasteiger partial charge in [0.2, 0.25) is 11.8 Å². The Morgan fingerprint density at radius 3 is 2.74 bits per heavy atom. The van der Waals surface area contributed by atoms with Crippen LogP contribution in [0, 0.1) is 0 Å². The van der Waals surface area contributed by atoms with E-state index in [9.17, 15) is 4.79 Å². The van der Waals surface area contributed by atoms with Crippen LogP contribution in [0.15, 0.2) is 41.1 Å². The van der Waals surface area contributed by atoms with Crippen molar-refractivity contribution < 1.29 is 14.3 Å². The van der Waals surface area contributed by atoms with Crippen molar-refractivity contribution in [3.05, 3.63) is 46.7 Å². The molecule has 0 bridgehead atoms. The minimum atomic E-state index is -0.0872. The Balaban J connectivity index is 1.61. The molecule has 1 fully saturated rings. The predicted octanol–water partition coefficient (Wildman–Crippen LogP) is 2.54. The molecule has 1 aliphatic heterocycles. The van der Waals surface area contributed by atoms with Gasteiger partial charge in [0, 0.05) is 23.0 Å². The van der Waals surface area contributed by atoms with Crippen molar-refractivity contribution in [3.63, 3.8) is 0 Å². The second-order valence-corrected chi connectivity index (χ2v) is 6.10. The number of likely N-dealkylation sites (tertiary alicyclic amines) is 1. The van der Waals surface area contributed by atoms with Gasteiger partial charge in [-0.1, -0.05) is 15.9 Å². The Morgan fingerprint density at radius 1 is 1.26 bits per heavy atom. The lowest BCUT2D eigenvalue weighted by molar-refractivity contribution is 0.0771. The largest absolute Gasteiger partial charge is 0.480 e.